The second-order valence-corrected chi connectivity index (χ2v) is 5.58. The first kappa shape index (κ1) is 15.5. The molecule has 0 unspecified atom stereocenters. The van der Waals surface area contributed by atoms with Crippen molar-refractivity contribution in [2.75, 3.05) is 13.2 Å². The van der Waals surface area contributed by atoms with Crippen molar-refractivity contribution in [2.45, 2.75) is 19.9 Å². The number of carbonyl (C=O) groups is 1. The maximum atomic E-state index is 12.2. The van der Waals surface area contributed by atoms with Crippen LogP contribution in [0, 0.1) is 4.77 Å². The fraction of sp³-hybridized carbons (Fsp3) is 0.312. The summed E-state index contributed by atoms with van der Waals surface area (Å²) in [4.78, 5) is 12.2. The van der Waals surface area contributed by atoms with Crippen LogP contribution in [0.25, 0.3) is 6.08 Å². The van der Waals surface area contributed by atoms with Gasteiger partial charge in [0.05, 0.1) is 5.57 Å². The fourth-order valence-corrected chi connectivity index (χ4v) is 2.80. The average Bonchev–Trinajstić information content (AvgIpc) is 2.94. The number of fused-ring (bicyclic) bond motifs is 1. The molecular weight excluding hydrogens is 312 g/mol. The van der Waals surface area contributed by atoms with Crippen molar-refractivity contribution < 1.29 is 9.53 Å². The minimum atomic E-state index is -0.114. The summed E-state index contributed by atoms with van der Waals surface area (Å²) in [7, 11) is 0. The van der Waals surface area contributed by atoms with Gasteiger partial charge in [-0.15, -0.1) is 0 Å². The summed E-state index contributed by atoms with van der Waals surface area (Å²) in [6, 6.07) is 7.67. The Hall–Kier alpha value is -2.41. The SMILES string of the molecule is CCn1c(CCNC(=O)C2=Cc3ccccc3OC2)n[nH]c1=S. The first-order chi connectivity index (χ1) is 11.2. The van der Waals surface area contributed by atoms with E-state index in [0.29, 0.717) is 23.3 Å². The van der Waals surface area contributed by atoms with E-state index in [9.17, 15) is 4.79 Å². The molecule has 1 aliphatic heterocycles. The minimum Gasteiger partial charge on any atom is -0.488 e. The molecule has 2 N–H and O–H groups in total. The van der Waals surface area contributed by atoms with Gasteiger partial charge in [-0.3, -0.25) is 9.89 Å². The van der Waals surface area contributed by atoms with Gasteiger partial charge in [0.2, 0.25) is 0 Å². The van der Waals surface area contributed by atoms with Gasteiger partial charge in [-0.25, -0.2) is 0 Å². The molecule has 3 rings (SSSR count). The number of aromatic nitrogens is 3. The van der Waals surface area contributed by atoms with E-state index in [1.807, 2.05) is 41.8 Å². The molecule has 0 bridgehead atoms. The molecule has 2 heterocycles. The molecule has 1 amide bonds. The van der Waals surface area contributed by atoms with Crippen molar-refractivity contribution in [1.82, 2.24) is 20.1 Å². The number of carbonyl (C=O) groups excluding carboxylic acids is 1. The number of rotatable bonds is 5. The second-order valence-electron chi connectivity index (χ2n) is 5.19. The van der Waals surface area contributed by atoms with Gasteiger partial charge in [0.15, 0.2) is 4.77 Å². The van der Waals surface area contributed by atoms with Crippen molar-refractivity contribution in [1.29, 1.82) is 0 Å². The number of nitrogens with zero attached hydrogens (tertiary/aromatic N) is 2. The third-order valence-corrected chi connectivity index (χ3v) is 4.02. The lowest BCUT2D eigenvalue weighted by Gasteiger charge is -2.17. The number of amides is 1. The molecule has 1 aromatic carbocycles. The molecule has 120 valence electrons. The molecule has 0 atom stereocenters. The summed E-state index contributed by atoms with van der Waals surface area (Å²) in [6.45, 7) is 3.55. The summed E-state index contributed by atoms with van der Waals surface area (Å²) in [6.07, 6.45) is 2.49. The molecular formula is C16H18N4O2S. The Morgan fingerprint density at radius 2 is 2.30 bits per heavy atom. The molecule has 1 aromatic heterocycles. The van der Waals surface area contributed by atoms with E-state index in [2.05, 4.69) is 15.5 Å². The lowest BCUT2D eigenvalue weighted by atomic mass is 10.1. The van der Waals surface area contributed by atoms with Crippen molar-refractivity contribution in [2.24, 2.45) is 0 Å². The Balaban J connectivity index is 1.60. The van der Waals surface area contributed by atoms with Crippen LogP contribution in [-0.4, -0.2) is 33.8 Å². The van der Waals surface area contributed by atoms with Crippen LogP contribution in [0.15, 0.2) is 29.8 Å². The predicted molar refractivity (Wildman–Crippen MR) is 89.7 cm³/mol. The lowest BCUT2D eigenvalue weighted by molar-refractivity contribution is -0.117. The van der Waals surface area contributed by atoms with Crippen molar-refractivity contribution in [3.05, 3.63) is 46.0 Å². The fourth-order valence-electron chi connectivity index (χ4n) is 2.52. The number of H-pyrrole nitrogens is 1. The van der Waals surface area contributed by atoms with Crippen LogP contribution in [-0.2, 0) is 17.8 Å². The Kier molecular flexibility index (Phi) is 4.57. The molecule has 23 heavy (non-hydrogen) atoms. The van der Waals surface area contributed by atoms with Crippen LogP contribution in [0.5, 0.6) is 5.75 Å². The number of aromatic amines is 1. The van der Waals surface area contributed by atoms with E-state index in [1.165, 1.54) is 0 Å². The van der Waals surface area contributed by atoms with E-state index in [4.69, 9.17) is 17.0 Å². The van der Waals surface area contributed by atoms with Crippen molar-refractivity contribution in [3.63, 3.8) is 0 Å². The van der Waals surface area contributed by atoms with Crippen LogP contribution < -0.4 is 10.1 Å². The molecule has 1 aliphatic rings. The maximum Gasteiger partial charge on any atom is 0.250 e. The summed E-state index contributed by atoms with van der Waals surface area (Å²) >= 11 is 5.15. The van der Waals surface area contributed by atoms with Gasteiger partial charge in [0.1, 0.15) is 18.2 Å². The number of hydrogen-bond donors (Lipinski definition) is 2. The Morgan fingerprint density at radius 1 is 1.48 bits per heavy atom. The van der Waals surface area contributed by atoms with Crippen LogP contribution >= 0.6 is 12.2 Å². The second kappa shape index (κ2) is 6.78. The molecule has 0 aliphatic carbocycles. The van der Waals surface area contributed by atoms with Crippen LogP contribution in [0.1, 0.15) is 18.3 Å². The monoisotopic (exact) mass is 330 g/mol. The lowest BCUT2D eigenvalue weighted by Crippen LogP contribution is -2.30. The number of nitrogens with one attached hydrogen (secondary N) is 2. The number of hydrogen-bond acceptors (Lipinski definition) is 4. The van der Waals surface area contributed by atoms with Gasteiger partial charge in [-0.2, -0.15) is 5.10 Å². The highest BCUT2D eigenvalue weighted by Gasteiger charge is 2.16. The molecule has 6 nitrogen and oxygen atoms in total. The first-order valence-electron chi connectivity index (χ1n) is 7.53. The van der Waals surface area contributed by atoms with Crippen molar-refractivity contribution in [3.8, 4) is 5.75 Å². The van der Waals surface area contributed by atoms with Crippen LogP contribution in [0.4, 0.5) is 0 Å². The molecule has 0 spiro atoms. The topological polar surface area (TPSA) is 71.9 Å². The molecule has 0 saturated carbocycles. The number of benzene rings is 1. The molecule has 2 aromatic rings. The van der Waals surface area contributed by atoms with Gasteiger partial charge in [-0.1, -0.05) is 18.2 Å². The number of ether oxygens (including phenoxy) is 1. The zero-order chi connectivity index (χ0) is 16.2. The van der Waals surface area contributed by atoms with Gasteiger partial charge < -0.3 is 14.6 Å². The normalized spacial score (nSPS) is 13.0. The quantitative estimate of drug-likeness (QED) is 0.824. The zero-order valence-electron chi connectivity index (χ0n) is 12.8. The average molecular weight is 330 g/mol. The van der Waals surface area contributed by atoms with E-state index >= 15 is 0 Å². The summed E-state index contributed by atoms with van der Waals surface area (Å²) < 4.78 is 8.12. The largest absolute Gasteiger partial charge is 0.488 e. The third-order valence-electron chi connectivity index (χ3n) is 3.71. The molecule has 0 saturated heterocycles. The van der Waals surface area contributed by atoms with Gasteiger partial charge in [-0.05, 0) is 31.3 Å². The van der Waals surface area contributed by atoms with Crippen molar-refractivity contribution >= 4 is 24.2 Å². The van der Waals surface area contributed by atoms with Crippen LogP contribution in [0.2, 0.25) is 0 Å². The number of para-hydroxylation sites is 1. The summed E-state index contributed by atoms with van der Waals surface area (Å²) in [5, 5.41) is 9.86. The first-order valence-corrected chi connectivity index (χ1v) is 7.94. The van der Waals surface area contributed by atoms with Gasteiger partial charge >= 0.3 is 0 Å². The molecule has 0 radical (unpaired) electrons. The molecule has 0 fully saturated rings. The predicted octanol–water partition coefficient (Wildman–Crippen LogP) is 2.10. The Labute approximate surface area is 139 Å². The highest BCUT2D eigenvalue weighted by atomic mass is 32.1. The van der Waals surface area contributed by atoms with Gasteiger partial charge in [0, 0.05) is 25.1 Å². The van der Waals surface area contributed by atoms with E-state index in [1.54, 1.807) is 0 Å². The summed E-state index contributed by atoms with van der Waals surface area (Å²) in [5.41, 5.74) is 1.55. The third kappa shape index (κ3) is 3.34. The standard InChI is InChI=1S/C16H18N4O2S/c1-2-20-14(18-19-16(20)23)7-8-17-15(21)12-9-11-5-3-4-6-13(11)22-10-12/h3-6,9H,2,7-8,10H2,1H3,(H,17,21)(H,19,23). The Morgan fingerprint density at radius 3 is 3.13 bits per heavy atom. The Bertz CT molecular complexity index is 806. The maximum absolute atomic E-state index is 12.2. The summed E-state index contributed by atoms with van der Waals surface area (Å²) in [5.74, 6) is 1.54. The van der Waals surface area contributed by atoms with E-state index in [0.717, 1.165) is 23.7 Å². The van der Waals surface area contributed by atoms with E-state index in [-0.39, 0.29) is 12.5 Å². The highest BCUT2D eigenvalue weighted by molar-refractivity contribution is 7.71. The smallest absolute Gasteiger partial charge is 0.250 e. The minimum absolute atomic E-state index is 0.114. The van der Waals surface area contributed by atoms with E-state index < -0.39 is 0 Å². The molecule has 7 heteroatoms. The van der Waals surface area contributed by atoms with Gasteiger partial charge in [0.25, 0.3) is 5.91 Å². The highest BCUT2D eigenvalue weighted by Crippen LogP contribution is 2.25. The van der Waals surface area contributed by atoms with Crippen LogP contribution in [0.3, 0.4) is 0 Å². The zero-order valence-corrected chi connectivity index (χ0v) is 13.7.